The van der Waals surface area contributed by atoms with Gasteiger partial charge in [-0.25, -0.2) is 0 Å². The molecule has 0 saturated carbocycles. The third-order valence-electron chi connectivity index (χ3n) is 6.12. The van der Waals surface area contributed by atoms with E-state index in [0.717, 1.165) is 13.1 Å². The molecule has 0 bridgehead atoms. The van der Waals surface area contributed by atoms with Gasteiger partial charge in [-0.05, 0) is 53.7 Å². The minimum absolute atomic E-state index is 0.704. The number of aromatic nitrogens is 1. The van der Waals surface area contributed by atoms with Gasteiger partial charge < -0.3 is 4.90 Å². The van der Waals surface area contributed by atoms with E-state index in [2.05, 4.69) is 116 Å². The van der Waals surface area contributed by atoms with Gasteiger partial charge in [-0.3, -0.25) is 0 Å². The highest BCUT2D eigenvalue weighted by Crippen LogP contribution is 2.35. The molecule has 0 atom stereocenters. The molecule has 3 aromatic rings. The van der Waals surface area contributed by atoms with Gasteiger partial charge in [0, 0.05) is 42.5 Å². The van der Waals surface area contributed by atoms with Crippen molar-refractivity contribution < 1.29 is 4.57 Å². The first kappa shape index (κ1) is 21.4. The lowest BCUT2D eigenvalue weighted by molar-refractivity contribution is -0.672. The van der Waals surface area contributed by atoms with Crippen LogP contribution in [-0.2, 0) is 6.54 Å². The van der Waals surface area contributed by atoms with Crippen LogP contribution < -0.4 is 9.47 Å². The molecular weight excluding hydrogens is 376 g/mol. The lowest BCUT2D eigenvalue weighted by atomic mass is 9.96. The second-order valence-corrected chi connectivity index (χ2v) is 9.47. The van der Waals surface area contributed by atoms with E-state index in [9.17, 15) is 0 Å². The van der Waals surface area contributed by atoms with Crippen molar-refractivity contribution in [1.29, 1.82) is 0 Å². The summed E-state index contributed by atoms with van der Waals surface area (Å²) >= 11 is 0. The Labute approximate surface area is 187 Å². The molecule has 0 radical (unpaired) electrons. The number of anilines is 1. The van der Waals surface area contributed by atoms with E-state index in [1.807, 2.05) is 0 Å². The van der Waals surface area contributed by atoms with Crippen LogP contribution in [-0.4, -0.2) is 6.54 Å². The minimum Gasteiger partial charge on any atom is -0.347 e. The van der Waals surface area contributed by atoms with E-state index in [1.165, 1.54) is 46.1 Å². The summed E-state index contributed by atoms with van der Waals surface area (Å²) in [5, 5.41) is 1.31. The predicted molar refractivity (Wildman–Crippen MR) is 134 cm³/mol. The van der Waals surface area contributed by atoms with E-state index in [0.29, 0.717) is 11.8 Å². The molecule has 0 saturated heterocycles. The Morgan fingerprint density at radius 1 is 0.871 bits per heavy atom. The highest BCUT2D eigenvalue weighted by molar-refractivity contribution is 5.99. The van der Waals surface area contributed by atoms with Crippen LogP contribution in [0.5, 0.6) is 0 Å². The van der Waals surface area contributed by atoms with Crippen molar-refractivity contribution in [2.75, 3.05) is 11.4 Å². The molecule has 31 heavy (non-hydrogen) atoms. The normalized spacial score (nSPS) is 14.8. The molecule has 0 spiro atoms. The summed E-state index contributed by atoms with van der Waals surface area (Å²) in [4.78, 5) is 2.40. The summed E-state index contributed by atoms with van der Waals surface area (Å²) < 4.78 is 2.40. The fraction of sp³-hybridized carbons (Fsp3) is 0.345. The summed E-state index contributed by atoms with van der Waals surface area (Å²) in [6.07, 6.45) is 11.5. The zero-order valence-electron chi connectivity index (χ0n) is 19.4. The van der Waals surface area contributed by atoms with Gasteiger partial charge in [-0.1, -0.05) is 58.0 Å². The van der Waals surface area contributed by atoms with Gasteiger partial charge in [-0.2, -0.15) is 4.57 Å². The maximum atomic E-state index is 2.40. The molecule has 1 aliphatic heterocycles. The van der Waals surface area contributed by atoms with Gasteiger partial charge in [0.1, 0.15) is 6.54 Å². The lowest BCUT2D eigenvalue weighted by Crippen LogP contribution is -2.34. The van der Waals surface area contributed by atoms with Crippen molar-refractivity contribution >= 4 is 28.2 Å². The fourth-order valence-electron chi connectivity index (χ4n) is 4.22. The molecule has 1 aromatic heterocycles. The first-order chi connectivity index (χ1) is 15.0. The summed E-state index contributed by atoms with van der Waals surface area (Å²) in [6.45, 7) is 11.3. The van der Waals surface area contributed by atoms with Crippen LogP contribution in [0.25, 0.3) is 22.6 Å². The van der Waals surface area contributed by atoms with E-state index >= 15 is 0 Å². The van der Waals surface area contributed by atoms with Crippen LogP contribution in [0.1, 0.15) is 51.7 Å². The summed E-state index contributed by atoms with van der Waals surface area (Å²) in [5.41, 5.74) is 6.49. The second-order valence-electron chi connectivity index (χ2n) is 9.47. The van der Waals surface area contributed by atoms with E-state index < -0.39 is 0 Å². The average Bonchev–Trinajstić information content (AvgIpc) is 2.77. The number of aryl methyl sites for hydroxylation is 1. The van der Waals surface area contributed by atoms with Crippen molar-refractivity contribution in [3.05, 3.63) is 84.2 Å². The SMILES string of the molecule is CC(C)CCN1C=C/C(=C\c2cc[n+](CCC(C)C)c3ccccc23)c2ccccc21. The number of hydrogen-bond donors (Lipinski definition) is 0. The first-order valence-corrected chi connectivity index (χ1v) is 11.7. The molecule has 2 nitrogen and oxygen atoms in total. The third kappa shape index (κ3) is 4.90. The van der Waals surface area contributed by atoms with Gasteiger partial charge in [0.15, 0.2) is 6.20 Å². The summed E-state index contributed by atoms with van der Waals surface area (Å²) in [5.74, 6) is 1.41. The van der Waals surface area contributed by atoms with Crippen molar-refractivity contribution in [3.8, 4) is 0 Å². The Kier molecular flexibility index (Phi) is 6.56. The fourth-order valence-corrected chi connectivity index (χ4v) is 4.22. The van der Waals surface area contributed by atoms with Crippen molar-refractivity contribution in [2.24, 2.45) is 11.8 Å². The van der Waals surface area contributed by atoms with E-state index in [-0.39, 0.29) is 0 Å². The minimum atomic E-state index is 0.704. The number of fused-ring (bicyclic) bond motifs is 2. The molecular formula is C29H35N2+. The Balaban J connectivity index is 1.72. The number of allylic oxidation sites excluding steroid dienone is 2. The van der Waals surface area contributed by atoms with Gasteiger partial charge in [0.05, 0.1) is 5.39 Å². The topological polar surface area (TPSA) is 7.12 Å². The summed E-state index contributed by atoms with van der Waals surface area (Å²) in [7, 11) is 0. The highest BCUT2D eigenvalue weighted by atomic mass is 15.1. The van der Waals surface area contributed by atoms with Gasteiger partial charge in [0.2, 0.25) is 5.52 Å². The zero-order valence-corrected chi connectivity index (χ0v) is 19.4. The van der Waals surface area contributed by atoms with Crippen LogP contribution >= 0.6 is 0 Å². The molecule has 2 heterocycles. The Morgan fingerprint density at radius 3 is 2.42 bits per heavy atom. The average molecular weight is 412 g/mol. The molecule has 0 fully saturated rings. The Hall–Kier alpha value is -2.87. The van der Waals surface area contributed by atoms with Crippen molar-refractivity contribution in [2.45, 2.75) is 47.1 Å². The number of nitrogens with zero attached hydrogens (tertiary/aromatic N) is 2. The standard InChI is InChI=1S/C29H35N2/c1-22(2)13-17-30-19-15-24(26-9-5-7-11-28(26)30)21-25-16-20-31(18-14-23(3)4)29-12-8-6-10-27(25)29/h5-12,15-16,19-23H,13-14,17-18H2,1-4H3/q+1. The zero-order chi connectivity index (χ0) is 21.8. The number of benzene rings is 2. The van der Waals surface area contributed by atoms with Crippen molar-refractivity contribution in [1.82, 2.24) is 0 Å². The molecule has 2 heteroatoms. The molecule has 1 aliphatic rings. The molecule has 160 valence electrons. The monoisotopic (exact) mass is 411 g/mol. The number of pyridine rings is 1. The first-order valence-electron chi connectivity index (χ1n) is 11.7. The molecule has 2 aromatic carbocycles. The molecule has 0 unspecified atom stereocenters. The molecule has 0 N–H and O–H groups in total. The lowest BCUT2D eigenvalue weighted by Gasteiger charge is -2.28. The van der Waals surface area contributed by atoms with Gasteiger partial charge in [0.25, 0.3) is 0 Å². The van der Waals surface area contributed by atoms with Gasteiger partial charge >= 0.3 is 0 Å². The molecule has 0 aliphatic carbocycles. The predicted octanol–water partition coefficient (Wildman–Crippen LogP) is 7.09. The van der Waals surface area contributed by atoms with Crippen LogP contribution in [0, 0.1) is 11.8 Å². The molecule has 4 rings (SSSR count). The maximum Gasteiger partial charge on any atom is 0.213 e. The second kappa shape index (κ2) is 9.51. The third-order valence-corrected chi connectivity index (χ3v) is 6.12. The Bertz CT molecular complexity index is 1100. The van der Waals surface area contributed by atoms with Crippen LogP contribution in [0.2, 0.25) is 0 Å². The quantitative estimate of drug-likeness (QED) is 0.376. The van der Waals surface area contributed by atoms with E-state index in [4.69, 9.17) is 0 Å². The van der Waals surface area contributed by atoms with Crippen LogP contribution in [0.4, 0.5) is 5.69 Å². The number of rotatable bonds is 7. The van der Waals surface area contributed by atoms with Gasteiger partial charge in [-0.15, -0.1) is 0 Å². The maximum absolute atomic E-state index is 2.40. The van der Waals surface area contributed by atoms with Crippen molar-refractivity contribution in [3.63, 3.8) is 0 Å². The van der Waals surface area contributed by atoms with Crippen LogP contribution in [0.3, 0.4) is 0 Å². The number of hydrogen-bond acceptors (Lipinski definition) is 1. The largest absolute Gasteiger partial charge is 0.347 e. The Morgan fingerprint density at radius 2 is 1.61 bits per heavy atom. The highest BCUT2D eigenvalue weighted by Gasteiger charge is 2.17. The molecule has 0 amide bonds. The number of para-hydroxylation sites is 2. The summed E-state index contributed by atoms with van der Waals surface area (Å²) in [6, 6.07) is 19.9. The smallest absolute Gasteiger partial charge is 0.213 e. The van der Waals surface area contributed by atoms with E-state index in [1.54, 1.807) is 0 Å². The van der Waals surface area contributed by atoms with Crippen LogP contribution in [0.15, 0.2) is 73.1 Å².